The Morgan fingerprint density at radius 1 is 0.953 bits per heavy atom. The zero-order chi connectivity index (χ0) is 31.1. The van der Waals surface area contributed by atoms with Gasteiger partial charge in [0, 0.05) is 43.1 Å². The predicted octanol–water partition coefficient (Wildman–Crippen LogP) is 5.52. The zero-order valence-corrected chi connectivity index (χ0v) is 23.3. The molecule has 4 amide bonds. The molecule has 8 nitrogen and oxygen atoms in total. The number of hydrogen-bond acceptors (Lipinski definition) is 5. The first-order valence-corrected chi connectivity index (χ1v) is 13.5. The van der Waals surface area contributed by atoms with E-state index in [0.717, 1.165) is 11.0 Å². The van der Waals surface area contributed by atoms with E-state index >= 15 is 0 Å². The number of urea groups is 1. The number of rotatable bonds is 6. The number of piperazine rings is 1. The second kappa shape index (κ2) is 11.3. The van der Waals surface area contributed by atoms with Crippen LogP contribution in [0.2, 0.25) is 0 Å². The fourth-order valence-corrected chi connectivity index (χ4v) is 5.07. The number of anilines is 3. The third-order valence-corrected chi connectivity index (χ3v) is 7.55. The van der Waals surface area contributed by atoms with Gasteiger partial charge in [-0.05, 0) is 74.0 Å². The fourth-order valence-electron chi connectivity index (χ4n) is 5.07. The van der Waals surface area contributed by atoms with Gasteiger partial charge in [-0.3, -0.25) is 9.59 Å². The molecule has 0 aromatic heterocycles. The summed E-state index contributed by atoms with van der Waals surface area (Å²) in [4.78, 5) is 43.0. The van der Waals surface area contributed by atoms with Crippen LogP contribution >= 0.6 is 0 Å². The predicted molar refractivity (Wildman–Crippen MR) is 149 cm³/mol. The number of benzene rings is 3. The number of halogens is 5. The van der Waals surface area contributed by atoms with Crippen molar-refractivity contribution >= 4 is 34.9 Å². The van der Waals surface area contributed by atoms with Crippen molar-refractivity contribution in [2.24, 2.45) is 0 Å². The van der Waals surface area contributed by atoms with Gasteiger partial charge in [0.25, 0.3) is 11.8 Å². The summed E-state index contributed by atoms with van der Waals surface area (Å²) in [6.07, 6.45) is -5.04. The lowest BCUT2D eigenvalue weighted by Gasteiger charge is -2.28. The van der Waals surface area contributed by atoms with Crippen LogP contribution in [-0.2, 0) is 17.5 Å². The molecular weight excluding hydrogens is 573 g/mol. The molecule has 0 radical (unpaired) electrons. The van der Waals surface area contributed by atoms with Crippen molar-refractivity contribution in [2.75, 3.05) is 36.4 Å². The summed E-state index contributed by atoms with van der Waals surface area (Å²) in [5.41, 5.74) is -1.82. The number of amides is 4. The monoisotopic (exact) mass is 601 g/mol. The average molecular weight is 602 g/mol. The molecule has 0 spiro atoms. The van der Waals surface area contributed by atoms with Gasteiger partial charge in [-0.1, -0.05) is 6.07 Å². The molecule has 5 rings (SSSR count). The fraction of sp³-hybridized carbons (Fsp3) is 0.300. The molecule has 2 N–H and O–H groups in total. The van der Waals surface area contributed by atoms with Crippen molar-refractivity contribution in [3.05, 3.63) is 89.0 Å². The molecule has 13 heteroatoms. The van der Waals surface area contributed by atoms with E-state index in [9.17, 15) is 36.3 Å². The largest absolute Gasteiger partial charge is 0.419 e. The molecule has 0 bridgehead atoms. The zero-order valence-electron chi connectivity index (χ0n) is 23.3. The Labute approximate surface area is 244 Å². The summed E-state index contributed by atoms with van der Waals surface area (Å²) < 4.78 is 68.2. The Hall–Kier alpha value is -4.52. The van der Waals surface area contributed by atoms with E-state index in [4.69, 9.17) is 0 Å². The Bertz CT molecular complexity index is 1570. The van der Waals surface area contributed by atoms with Crippen LogP contribution in [0, 0.1) is 11.6 Å². The number of carbonyl (C=O) groups excluding carboxylic acids is 3. The van der Waals surface area contributed by atoms with Gasteiger partial charge in [0.15, 0.2) is 0 Å². The summed E-state index contributed by atoms with van der Waals surface area (Å²) in [5.74, 6) is -3.02. The number of imide groups is 1. The minimum Gasteiger partial charge on any atom is -0.355 e. The second-order valence-electron chi connectivity index (χ2n) is 10.8. The molecule has 3 aromatic rings. The third-order valence-electron chi connectivity index (χ3n) is 7.55. The maximum atomic E-state index is 14.3. The normalized spacial score (nSPS) is 17.0. The number of nitrogens with one attached hydrogen (secondary N) is 2. The van der Waals surface area contributed by atoms with E-state index in [1.165, 1.54) is 32.0 Å². The van der Waals surface area contributed by atoms with Gasteiger partial charge in [-0.25, -0.2) is 18.5 Å². The van der Waals surface area contributed by atoms with Gasteiger partial charge in [0.1, 0.15) is 17.2 Å². The molecule has 0 aliphatic carbocycles. The number of nitrogens with zero attached hydrogens (tertiary/aromatic N) is 3. The van der Waals surface area contributed by atoms with Crippen LogP contribution in [0.15, 0.2) is 60.7 Å². The Balaban J connectivity index is 1.39. The standard InChI is InChI=1S/C30H28F5N5O3/c1-29(2)27(42)40(22-9-10-24(32)23(16-22)30(33,34)35)28(43)39(29)17-19-3-6-20(31)15-25(19)37-21-7-4-18(5-8-21)26(41)38-13-11-36-12-14-38/h3-10,15-16,36-37H,11-14,17H2,1-2H3. The quantitative estimate of drug-likeness (QED) is 0.287. The van der Waals surface area contributed by atoms with Crippen molar-refractivity contribution in [2.45, 2.75) is 32.1 Å². The van der Waals surface area contributed by atoms with E-state index in [-0.39, 0.29) is 18.1 Å². The van der Waals surface area contributed by atoms with Gasteiger partial charge in [-0.15, -0.1) is 0 Å². The molecule has 2 aliphatic heterocycles. The first-order chi connectivity index (χ1) is 20.3. The number of carbonyl (C=O) groups is 3. The number of hydrogen-bond donors (Lipinski definition) is 2. The molecule has 2 fully saturated rings. The van der Waals surface area contributed by atoms with Crippen LogP contribution in [0.1, 0.15) is 35.3 Å². The highest BCUT2D eigenvalue weighted by molar-refractivity contribution is 6.23. The maximum absolute atomic E-state index is 14.3. The minimum absolute atomic E-state index is 0.105. The van der Waals surface area contributed by atoms with E-state index < -0.39 is 46.5 Å². The smallest absolute Gasteiger partial charge is 0.355 e. The molecule has 0 unspecified atom stereocenters. The molecule has 2 aliphatic rings. The topological polar surface area (TPSA) is 85.0 Å². The molecular formula is C30H28F5N5O3. The first-order valence-electron chi connectivity index (χ1n) is 13.5. The van der Waals surface area contributed by atoms with Gasteiger partial charge in [-0.2, -0.15) is 13.2 Å². The van der Waals surface area contributed by atoms with Gasteiger partial charge in [0.05, 0.1) is 17.8 Å². The van der Waals surface area contributed by atoms with Crippen molar-refractivity contribution < 1.29 is 36.3 Å². The first kappa shape index (κ1) is 30.0. The van der Waals surface area contributed by atoms with Gasteiger partial charge >= 0.3 is 12.2 Å². The van der Waals surface area contributed by atoms with Crippen LogP contribution < -0.4 is 15.5 Å². The van der Waals surface area contributed by atoms with Crippen LogP contribution in [0.3, 0.4) is 0 Å². The summed E-state index contributed by atoms with van der Waals surface area (Å²) in [7, 11) is 0. The Kier molecular flexibility index (Phi) is 7.86. The van der Waals surface area contributed by atoms with Gasteiger partial charge < -0.3 is 20.4 Å². The lowest BCUT2D eigenvalue weighted by atomic mass is 10.0. The molecule has 0 atom stereocenters. The maximum Gasteiger partial charge on any atom is 0.419 e. The lowest BCUT2D eigenvalue weighted by molar-refractivity contribution is -0.140. The number of alkyl halides is 3. The summed E-state index contributed by atoms with van der Waals surface area (Å²) in [6.45, 7) is 5.29. The van der Waals surface area contributed by atoms with Crippen molar-refractivity contribution in [3.8, 4) is 0 Å². The summed E-state index contributed by atoms with van der Waals surface area (Å²) in [5, 5.41) is 6.27. The molecule has 43 heavy (non-hydrogen) atoms. The van der Waals surface area contributed by atoms with Crippen molar-refractivity contribution in [1.82, 2.24) is 15.1 Å². The molecule has 226 valence electrons. The molecule has 3 aromatic carbocycles. The lowest BCUT2D eigenvalue weighted by Crippen LogP contribution is -2.46. The van der Waals surface area contributed by atoms with E-state index in [1.807, 2.05) is 0 Å². The second-order valence-corrected chi connectivity index (χ2v) is 10.8. The minimum atomic E-state index is -5.04. The van der Waals surface area contributed by atoms with Crippen molar-refractivity contribution in [1.29, 1.82) is 0 Å². The average Bonchev–Trinajstić information content (AvgIpc) is 3.13. The van der Waals surface area contributed by atoms with E-state index in [2.05, 4.69) is 10.6 Å². The van der Waals surface area contributed by atoms with Crippen LogP contribution in [0.4, 0.5) is 43.8 Å². The highest BCUT2D eigenvalue weighted by atomic mass is 19.4. The molecule has 0 saturated carbocycles. The Morgan fingerprint density at radius 2 is 1.63 bits per heavy atom. The third kappa shape index (κ3) is 5.89. The van der Waals surface area contributed by atoms with Crippen LogP contribution in [0.5, 0.6) is 0 Å². The van der Waals surface area contributed by atoms with Crippen molar-refractivity contribution in [3.63, 3.8) is 0 Å². The molecule has 2 heterocycles. The van der Waals surface area contributed by atoms with E-state index in [1.54, 1.807) is 29.2 Å². The van der Waals surface area contributed by atoms with E-state index in [0.29, 0.717) is 60.0 Å². The SMILES string of the molecule is CC1(C)C(=O)N(c2ccc(F)c(C(F)(F)F)c2)C(=O)N1Cc1ccc(F)cc1Nc1ccc(C(=O)N2CCNCC2)cc1. The highest BCUT2D eigenvalue weighted by Gasteiger charge is 2.52. The Morgan fingerprint density at radius 3 is 2.28 bits per heavy atom. The summed E-state index contributed by atoms with van der Waals surface area (Å²) >= 11 is 0. The molecule has 2 saturated heterocycles. The highest BCUT2D eigenvalue weighted by Crippen LogP contribution is 2.38. The van der Waals surface area contributed by atoms with Crippen LogP contribution in [0.25, 0.3) is 0 Å². The summed E-state index contributed by atoms with van der Waals surface area (Å²) in [6, 6.07) is 11.4. The van der Waals surface area contributed by atoms with Gasteiger partial charge in [0.2, 0.25) is 0 Å². The van der Waals surface area contributed by atoms with Crippen LogP contribution in [-0.4, -0.2) is 59.4 Å².